The minimum absolute atomic E-state index is 0.0236. The van der Waals surface area contributed by atoms with E-state index in [-0.39, 0.29) is 12.5 Å². The first-order valence-electron chi connectivity index (χ1n) is 4.83. The molecule has 0 radical (unpaired) electrons. The summed E-state index contributed by atoms with van der Waals surface area (Å²) in [5.74, 6) is -0.0236. The van der Waals surface area contributed by atoms with E-state index in [1.54, 1.807) is 9.80 Å². The fraction of sp³-hybridized carbons (Fsp3) is 0.889. The number of hydrogen-bond donors (Lipinski definition) is 1. The molecule has 1 fully saturated rings. The molecule has 4 nitrogen and oxygen atoms in total. The fourth-order valence-electron chi connectivity index (χ4n) is 1.52. The number of piperidine rings is 1. The maximum absolute atomic E-state index is 13.2. The lowest BCUT2D eigenvalue weighted by molar-refractivity contribution is -0.134. The lowest BCUT2D eigenvalue weighted by Gasteiger charge is -2.33. The zero-order chi connectivity index (χ0) is 10.7. The number of amides is 1. The van der Waals surface area contributed by atoms with Crippen molar-refractivity contribution < 1.29 is 9.18 Å². The average molecular weight is 203 g/mol. The minimum Gasteiger partial charge on any atom is -0.339 e. The van der Waals surface area contributed by atoms with Crippen molar-refractivity contribution in [3.05, 3.63) is 0 Å². The number of rotatable bonds is 2. The van der Waals surface area contributed by atoms with Gasteiger partial charge in [0, 0.05) is 12.6 Å². The largest absolute Gasteiger partial charge is 0.339 e. The molecule has 0 spiro atoms. The van der Waals surface area contributed by atoms with Gasteiger partial charge in [0.2, 0.25) is 5.91 Å². The molecule has 2 unspecified atom stereocenters. The van der Waals surface area contributed by atoms with Crippen LogP contribution in [-0.4, -0.2) is 61.7 Å². The molecule has 1 aliphatic rings. The Morgan fingerprint density at radius 2 is 2.29 bits per heavy atom. The number of nitrogens with zero attached hydrogens (tertiary/aromatic N) is 2. The zero-order valence-corrected chi connectivity index (χ0v) is 8.74. The maximum atomic E-state index is 13.2. The third-order valence-corrected chi connectivity index (χ3v) is 2.40. The molecule has 1 rings (SSSR count). The smallest absolute Gasteiger partial charge is 0.236 e. The van der Waals surface area contributed by atoms with E-state index in [1.165, 1.54) is 0 Å². The first kappa shape index (κ1) is 11.4. The molecule has 1 saturated heterocycles. The second kappa shape index (κ2) is 4.70. The predicted molar refractivity (Wildman–Crippen MR) is 52.6 cm³/mol. The van der Waals surface area contributed by atoms with E-state index in [4.69, 9.17) is 5.73 Å². The summed E-state index contributed by atoms with van der Waals surface area (Å²) in [5, 5.41) is 0. The summed E-state index contributed by atoms with van der Waals surface area (Å²) in [6, 6.07) is -0.404. The van der Waals surface area contributed by atoms with E-state index in [0.717, 1.165) is 0 Å². The van der Waals surface area contributed by atoms with Crippen LogP contribution < -0.4 is 5.73 Å². The SMILES string of the molecule is CN(C)CC(=O)N1CCC(N)C(F)C1. The molecular formula is C9H18FN3O. The predicted octanol–water partition coefficient (Wildman–Crippen LogP) is -0.554. The summed E-state index contributed by atoms with van der Waals surface area (Å²) in [6.07, 6.45) is -0.518. The molecule has 0 bridgehead atoms. The number of likely N-dealkylation sites (N-methyl/N-ethyl adjacent to an activating group) is 1. The van der Waals surface area contributed by atoms with Gasteiger partial charge in [0.05, 0.1) is 13.1 Å². The molecule has 2 N–H and O–H groups in total. The van der Waals surface area contributed by atoms with Crippen molar-refractivity contribution in [2.75, 3.05) is 33.7 Å². The second-order valence-electron chi connectivity index (χ2n) is 4.05. The number of hydrogen-bond acceptors (Lipinski definition) is 3. The Labute approximate surface area is 83.8 Å². The Bertz CT molecular complexity index is 210. The third kappa shape index (κ3) is 2.92. The van der Waals surface area contributed by atoms with E-state index in [2.05, 4.69) is 0 Å². The highest BCUT2D eigenvalue weighted by molar-refractivity contribution is 5.78. The molecule has 0 saturated carbocycles. The normalized spacial score (nSPS) is 28.2. The Balaban J connectivity index is 2.42. The first-order chi connectivity index (χ1) is 6.50. The van der Waals surface area contributed by atoms with E-state index < -0.39 is 12.2 Å². The highest BCUT2D eigenvalue weighted by atomic mass is 19.1. The number of carbonyl (C=O) groups excluding carboxylic acids is 1. The molecule has 2 atom stereocenters. The van der Waals surface area contributed by atoms with E-state index in [0.29, 0.717) is 19.5 Å². The van der Waals surface area contributed by atoms with Crippen LogP contribution in [-0.2, 0) is 4.79 Å². The Morgan fingerprint density at radius 1 is 1.64 bits per heavy atom. The van der Waals surface area contributed by atoms with E-state index >= 15 is 0 Å². The quantitative estimate of drug-likeness (QED) is 0.655. The van der Waals surface area contributed by atoms with Gasteiger partial charge in [0.15, 0.2) is 0 Å². The van der Waals surface area contributed by atoms with Gasteiger partial charge in [-0.1, -0.05) is 0 Å². The van der Waals surface area contributed by atoms with E-state index in [9.17, 15) is 9.18 Å². The molecule has 1 aliphatic heterocycles. The van der Waals surface area contributed by atoms with Crippen LogP contribution in [0.2, 0.25) is 0 Å². The molecule has 0 aromatic carbocycles. The standard InChI is InChI=1S/C9H18FN3O/c1-12(2)6-9(14)13-4-3-8(11)7(10)5-13/h7-8H,3-6,11H2,1-2H3. The Hall–Kier alpha value is -0.680. The third-order valence-electron chi connectivity index (χ3n) is 2.40. The molecule has 1 amide bonds. The topological polar surface area (TPSA) is 49.6 Å². The number of halogens is 1. The Kier molecular flexibility index (Phi) is 3.83. The van der Waals surface area contributed by atoms with Crippen molar-refractivity contribution in [2.24, 2.45) is 5.73 Å². The molecule has 0 aromatic rings. The summed E-state index contributed by atoms with van der Waals surface area (Å²) >= 11 is 0. The monoisotopic (exact) mass is 203 g/mol. The van der Waals surface area contributed by atoms with Crippen LogP contribution in [0.3, 0.4) is 0 Å². The number of carbonyl (C=O) groups is 1. The van der Waals surface area contributed by atoms with Gasteiger partial charge in [-0.3, -0.25) is 4.79 Å². The summed E-state index contributed by atoms with van der Waals surface area (Å²) in [4.78, 5) is 14.9. The van der Waals surface area contributed by atoms with Crippen molar-refractivity contribution in [3.8, 4) is 0 Å². The molecule has 0 aliphatic carbocycles. The van der Waals surface area contributed by atoms with Crippen molar-refractivity contribution in [1.82, 2.24) is 9.80 Å². The minimum atomic E-state index is -1.07. The lowest BCUT2D eigenvalue weighted by Crippen LogP contribution is -2.52. The molecule has 5 heteroatoms. The van der Waals surface area contributed by atoms with E-state index in [1.807, 2.05) is 14.1 Å². The second-order valence-corrected chi connectivity index (χ2v) is 4.05. The molecule has 14 heavy (non-hydrogen) atoms. The van der Waals surface area contributed by atoms with Crippen LogP contribution in [0, 0.1) is 0 Å². The molecule has 82 valence electrons. The van der Waals surface area contributed by atoms with Crippen molar-refractivity contribution in [2.45, 2.75) is 18.6 Å². The average Bonchev–Trinajstić information content (AvgIpc) is 2.08. The highest BCUT2D eigenvalue weighted by Crippen LogP contribution is 2.12. The van der Waals surface area contributed by atoms with Crippen molar-refractivity contribution in [3.63, 3.8) is 0 Å². The van der Waals surface area contributed by atoms with Gasteiger partial charge in [-0.2, -0.15) is 0 Å². The summed E-state index contributed by atoms with van der Waals surface area (Å²) in [7, 11) is 3.64. The van der Waals surface area contributed by atoms with Gasteiger partial charge >= 0.3 is 0 Å². The van der Waals surface area contributed by atoms with Crippen LogP contribution in [0.5, 0.6) is 0 Å². The molecular weight excluding hydrogens is 185 g/mol. The van der Waals surface area contributed by atoms with Crippen LogP contribution in [0.1, 0.15) is 6.42 Å². The van der Waals surface area contributed by atoms with Crippen LogP contribution in [0.15, 0.2) is 0 Å². The van der Waals surface area contributed by atoms with Crippen molar-refractivity contribution >= 4 is 5.91 Å². The summed E-state index contributed by atoms with van der Waals surface area (Å²) < 4.78 is 13.2. The van der Waals surface area contributed by atoms with Gasteiger partial charge in [-0.15, -0.1) is 0 Å². The van der Waals surface area contributed by atoms with Crippen LogP contribution in [0.25, 0.3) is 0 Å². The van der Waals surface area contributed by atoms with Crippen molar-refractivity contribution in [1.29, 1.82) is 0 Å². The van der Waals surface area contributed by atoms with Gasteiger partial charge in [0.25, 0.3) is 0 Å². The lowest BCUT2D eigenvalue weighted by atomic mass is 10.0. The Morgan fingerprint density at radius 3 is 2.79 bits per heavy atom. The summed E-state index contributed by atoms with van der Waals surface area (Å²) in [6.45, 7) is 1.06. The first-order valence-corrected chi connectivity index (χ1v) is 4.83. The van der Waals surface area contributed by atoms with Gasteiger partial charge in [0.1, 0.15) is 6.17 Å². The van der Waals surface area contributed by atoms with Crippen LogP contribution >= 0.6 is 0 Å². The molecule has 0 aromatic heterocycles. The maximum Gasteiger partial charge on any atom is 0.236 e. The highest BCUT2D eigenvalue weighted by Gasteiger charge is 2.28. The zero-order valence-electron chi connectivity index (χ0n) is 8.74. The number of alkyl halides is 1. The van der Waals surface area contributed by atoms with Gasteiger partial charge in [-0.25, -0.2) is 4.39 Å². The number of nitrogens with two attached hydrogens (primary N) is 1. The van der Waals surface area contributed by atoms with Crippen LogP contribution in [0.4, 0.5) is 4.39 Å². The van der Waals surface area contributed by atoms with Gasteiger partial charge < -0.3 is 15.5 Å². The van der Waals surface area contributed by atoms with Gasteiger partial charge in [-0.05, 0) is 20.5 Å². The number of likely N-dealkylation sites (tertiary alicyclic amines) is 1. The summed E-state index contributed by atoms with van der Waals surface area (Å²) in [5.41, 5.74) is 5.52. The fourth-order valence-corrected chi connectivity index (χ4v) is 1.52. The molecule has 1 heterocycles.